The van der Waals surface area contributed by atoms with E-state index in [9.17, 15) is 4.79 Å². The largest absolute Gasteiger partial charge is 0.457 e. The number of nitrogens with zero attached hydrogens (tertiary/aromatic N) is 2. The van der Waals surface area contributed by atoms with Gasteiger partial charge in [-0.1, -0.05) is 47.7 Å². The second kappa shape index (κ2) is 5.67. The summed E-state index contributed by atoms with van der Waals surface area (Å²) in [7, 11) is 0. The smallest absolute Gasteiger partial charge is 0.238 e. The molecule has 0 saturated heterocycles. The number of nitrogens with one attached hydrogen (secondary N) is 1. The number of hydrogen-bond donors (Lipinski definition) is 1. The first-order valence-electron chi connectivity index (χ1n) is 8.29. The fourth-order valence-electron chi connectivity index (χ4n) is 3.15. The molecule has 0 radical (unpaired) electrons. The average Bonchev–Trinajstić information content (AvgIpc) is 3.39. The summed E-state index contributed by atoms with van der Waals surface area (Å²) < 4.78 is 5.95. The second-order valence-electron chi connectivity index (χ2n) is 6.32. The van der Waals surface area contributed by atoms with Crippen LogP contribution in [0.3, 0.4) is 0 Å². The number of carbonyl (C=O) groups is 1. The molecule has 1 aromatic heterocycles. The highest BCUT2D eigenvalue weighted by molar-refractivity contribution is 7.15. The van der Waals surface area contributed by atoms with E-state index in [-0.39, 0.29) is 5.91 Å². The van der Waals surface area contributed by atoms with Crippen molar-refractivity contribution in [3.8, 4) is 11.5 Å². The standard InChI is InChI=1S/C19H15N3O2S/c23-17(20-19-22-21-18(25-19)11-9-10-11)16-12-5-1-3-7-14(12)24-15-8-4-2-6-13(15)16/h1-8,11,16H,9-10H2,(H,20,22,23). The first-order valence-corrected chi connectivity index (χ1v) is 9.11. The van der Waals surface area contributed by atoms with Gasteiger partial charge in [-0.2, -0.15) is 0 Å². The number of fused-ring (bicyclic) bond motifs is 2. The van der Waals surface area contributed by atoms with Crippen molar-refractivity contribution in [2.24, 2.45) is 0 Å². The van der Waals surface area contributed by atoms with Gasteiger partial charge < -0.3 is 4.74 Å². The Balaban J connectivity index is 1.50. The molecule has 6 heteroatoms. The Morgan fingerprint density at radius 3 is 2.28 bits per heavy atom. The predicted molar refractivity (Wildman–Crippen MR) is 95.3 cm³/mol. The van der Waals surface area contributed by atoms with Crippen LogP contribution < -0.4 is 10.1 Å². The van der Waals surface area contributed by atoms with E-state index in [1.807, 2.05) is 48.5 Å². The molecular formula is C19H15N3O2S. The summed E-state index contributed by atoms with van der Waals surface area (Å²) in [5, 5.41) is 12.9. The molecule has 1 aliphatic carbocycles. The van der Waals surface area contributed by atoms with Gasteiger partial charge in [0.15, 0.2) is 0 Å². The van der Waals surface area contributed by atoms with Crippen LogP contribution in [0.15, 0.2) is 48.5 Å². The molecule has 1 saturated carbocycles. The van der Waals surface area contributed by atoms with E-state index in [0.717, 1.165) is 27.6 Å². The fourth-order valence-corrected chi connectivity index (χ4v) is 4.07. The number of para-hydroxylation sites is 2. The van der Waals surface area contributed by atoms with Gasteiger partial charge in [0.2, 0.25) is 11.0 Å². The minimum absolute atomic E-state index is 0.110. The number of hydrogen-bond acceptors (Lipinski definition) is 5. The highest BCUT2D eigenvalue weighted by Gasteiger charge is 2.33. The molecule has 0 unspecified atom stereocenters. The summed E-state index contributed by atoms with van der Waals surface area (Å²) in [5.74, 6) is 1.44. The quantitative estimate of drug-likeness (QED) is 0.766. The van der Waals surface area contributed by atoms with Crippen molar-refractivity contribution in [3.05, 3.63) is 64.7 Å². The molecule has 2 heterocycles. The Labute approximate surface area is 148 Å². The molecule has 0 atom stereocenters. The molecule has 1 amide bonds. The molecule has 1 fully saturated rings. The summed E-state index contributed by atoms with van der Waals surface area (Å²) in [6.45, 7) is 0. The Kier molecular flexibility index (Phi) is 3.31. The summed E-state index contributed by atoms with van der Waals surface area (Å²) in [5.41, 5.74) is 1.73. The lowest BCUT2D eigenvalue weighted by Crippen LogP contribution is -2.25. The summed E-state index contributed by atoms with van der Waals surface area (Å²) in [6, 6.07) is 15.3. The van der Waals surface area contributed by atoms with Crippen molar-refractivity contribution in [1.82, 2.24) is 10.2 Å². The van der Waals surface area contributed by atoms with E-state index in [2.05, 4.69) is 15.5 Å². The van der Waals surface area contributed by atoms with Gasteiger partial charge in [0, 0.05) is 17.0 Å². The monoisotopic (exact) mass is 349 g/mol. The third kappa shape index (κ3) is 2.59. The highest BCUT2D eigenvalue weighted by atomic mass is 32.1. The van der Waals surface area contributed by atoms with Crippen LogP contribution in [-0.4, -0.2) is 16.1 Å². The zero-order valence-electron chi connectivity index (χ0n) is 13.3. The predicted octanol–water partition coefficient (Wildman–Crippen LogP) is 4.29. The van der Waals surface area contributed by atoms with Gasteiger partial charge in [0.25, 0.3) is 0 Å². The van der Waals surface area contributed by atoms with Gasteiger partial charge in [-0.25, -0.2) is 0 Å². The maximum absolute atomic E-state index is 13.1. The SMILES string of the molecule is O=C(Nc1nnc(C2CC2)s1)C1c2ccccc2Oc2ccccc21. The van der Waals surface area contributed by atoms with E-state index in [1.165, 1.54) is 24.2 Å². The maximum Gasteiger partial charge on any atom is 0.238 e. The van der Waals surface area contributed by atoms with Crippen LogP contribution in [0, 0.1) is 0 Å². The molecule has 124 valence electrons. The maximum atomic E-state index is 13.1. The average molecular weight is 349 g/mol. The van der Waals surface area contributed by atoms with Gasteiger partial charge in [-0.05, 0) is 25.0 Å². The lowest BCUT2D eigenvalue weighted by molar-refractivity contribution is -0.116. The summed E-state index contributed by atoms with van der Waals surface area (Å²) in [4.78, 5) is 13.1. The van der Waals surface area contributed by atoms with Crippen molar-refractivity contribution in [1.29, 1.82) is 0 Å². The molecule has 2 aromatic carbocycles. The van der Waals surface area contributed by atoms with Crippen LogP contribution in [0.1, 0.15) is 40.8 Å². The summed E-state index contributed by atoms with van der Waals surface area (Å²) >= 11 is 1.47. The highest BCUT2D eigenvalue weighted by Crippen LogP contribution is 2.45. The molecule has 1 aliphatic heterocycles. The van der Waals surface area contributed by atoms with E-state index in [1.54, 1.807) is 0 Å². The zero-order valence-corrected chi connectivity index (χ0v) is 14.1. The van der Waals surface area contributed by atoms with Gasteiger partial charge in [0.05, 0.1) is 5.92 Å². The van der Waals surface area contributed by atoms with Crippen molar-refractivity contribution in [2.45, 2.75) is 24.7 Å². The van der Waals surface area contributed by atoms with Gasteiger partial charge in [-0.3, -0.25) is 10.1 Å². The number of ether oxygens (including phenoxy) is 1. The fraction of sp³-hybridized carbons (Fsp3) is 0.211. The Morgan fingerprint density at radius 1 is 1.00 bits per heavy atom. The number of carbonyl (C=O) groups excluding carboxylic acids is 1. The first-order chi connectivity index (χ1) is 12.3. The molecule has 3 aromatic rings. The lowest BCUT2D eigenvalue weighted by Gasteiger charge is -2.27. The van der Waals surface area contributed by atoms with Crippen molar-refractivity contribution < 1.29 is 9.53 Å². The second-order valence-corrected chi connectivity index (χ2v) is 7.33. The van der Waals surface area contributed by atoms with Gasteiger partial charge in [0.1, 0.15) is 16.5 Å². The number of rotatable bonds is 3. The van der Waals surface area contributed by atoms with Crippen LogP contribution >= 0.6 is 11.3 Å². The van der Waals surface area contributed by atoms with Crippen LogP contribution in [0.5, 0.6) is 11.5 Å². The number of benzene rings is 2. The van der Waals surface area contributed by atoms with Crippen LogP contribution in [0.2, 0.25) is 0 Å². The van der Waals surface area contributed by atoms with E-state index >= 15 is 0 Å². The van der Waals surface area contributed by atoms with Crippen molar-refractivity contribution >= 4 is 22.4 Å². The molecular weight excluding hydrogens is 334 g/mol. The molecule has 2 aliphatic rings. The molecule has 5 nitrogen and oxygen atoms in total. The summed E-state index contributed by atoms with van der Waals surface area (Å²) in [6.07, 6.45) is 2.34. The molecule has 1 N–H and O–H groups in total. The minimum atomic E-state index is -0.422. The molecule has 5 rings (SSSR count). The van der Waals surface area contributed by atoms with Gasteiger partial charge >= 0.3 is 0 Å². The van der Waals surface area contributed by atoms with Crippen LogP contribution in [-0.2, 0) is 4.79 Å². The van der Waals surface area contributed by atoms with E-state index < -0.39 is 5.92 Å². The van der Waals surface area contributed by atoms with E-state index in [0.29, 0.717) is 11.0 Å². The van der Waals surface area contributed by atoms with Crippen LogP contribution in [0.25, 0.3) is 0 Å². The minimum Gasteiger partial charge on any atom is -0.457 e. The Bertz CT molecular complexity index is 919. The lowest BCUT2D eigenvalue weighted by atomic mass is 9.87. The molecule has 0 bridgehead atoms. The van der Waals surface area contributed by atoms with Crippen LogP contribution in [0.4, 0.5) is 5.13 Å². The zero-order chi connectivity index (χ0) is 16.8. The number of amides is 1. The number of aromatic nitrogens is 2. The first kappa shape index (κ1) is 14.6. The van der Waals surface area contributed by atoms with Gasteiger partial charge in [-0.15, -0.1) is 10.2 Å². The third-order valence-electron chi connectivity index (χ3n) is 4.54. The Hall–Kier alpha value is -2.73. The van der Waals surface area contributed by atoms with Crippen molar-refractivity contribution in [2.75, 3.05) is 5.32 Å². The van der Waals surface area contributed by atoms with Crippen molar-refractivity contribution in [3.63, 3.8) is 0 Å². The third-order valence-corrected chi connectivity index (χ3v) is 5.54. The molecule has 0 spiro atoms. The topological polar surface area (TPSA) is 64.1 Å². The number of anilines is 1. The molecule has 25 heavy (non-hydrogen) atoms. The van der Waals surface area contributed by atoms with E-state index in [4.69, 9.17) is 4.74 Å². The Morgan fingerprint density at radius 2 is 1.64 bits per heavy atom. The normalized spacial score (nSPS) is 15.8.